The van der Waals surface area contributed by atoms with Crippen molar-refractivity contribution >= 4 is 11.8 Å². The van der Waals surface area contributed by atoms with Gasteiger partial charge in [-0.1, -0.05) is 0 Å². The summed E-state index contributed by atoms with van der Waals surface area (Å²) in [5.74, 6) is -0.639. The lowest BCUT2D eigenvalue weighted by Crippen LogP contribution is -2.33. The SMILES string of the molecule is CO[C@@H]1C[C@H](C)N(c2cc(-n3nc(C)cc3C)nc(NC3CCC(F)(F)CC3)n2)C1. The van der Waals surface area contributed by atoms with Gasteiger partial charge >= 0.3 is 0 Å². The number of methoxy groups -OCH3 is 1. The molecule has 1 aliphatic heterocycles. The monoisotopic (exact) mass is 420 g/mol. The van der Waals surface area contributed by atoms with Crippen LogP contribution in [0.3, 0.4) is 0 Å². The number of hydrogen-bond acceptors (Lipinski definition) is 6. The first-order chi connectivity index (χ1) is 14.2. The molecule has 0 bridgehead atoms. The number of anilines is 2. The maximum atomic E-state index is 13.5. The third kappa shape index (κ3) is 4.40. The molecule has 4 rings (SSSR count). The molecule has 3 heterocycles. The van der Waals surface area contributed by atoms with Gasteiger partial charge in [-0.3, -0.25) is 0 Å². The fourth-order valence-electron chi connectivity index (χ4n) is 4.44. The molecule has 9 heteroatoms. The highest BCUT2D eigenvalue weighted by molar-refractivity contribution is 5.51. The molecule has 0 amide bonds. The lowest BCUT2D eigenvalue weighted by Gasteiger charge is -2.29. The van der Waals surface area contributed by atoms with E-state index in [9.17, 15) is 8.78 Å². The van der Waals surface area contributed by atoms with E-state index in [0.717, 1.165) is 30.2 Å². The van der Waals surface area contributed by atoms with E-state index in [4.69, 9.17) is 9.72 Å². The molecule has 2 aromatic heterocycles. The Bertz CT molecular complexity index is 892. The zero-order chi connectivity index (χ0) is 21.5. The molecule has 0 aromatic carbocycles. The molecule has 0 radical (unpaired) electrons. The van der Waals surface area contributed by atoms with Crippen LogP contribution in [0.15, 0.2) is 12.1 Å². The van der Waals surface area contributed by atoms with Crippen LogP contribution in [0.4, 0.5) is 20.5 Å². The molecule has 0 unspecified atom stereocenters. The summed E-state index contributed by atoms with van der Waals surface area (Å²) in [5, 5.41) is 7.87. The standard InChI is InChI=1S/C21H30F2N6O/c1-13-9-15(3)29(27-13)19-11-18(28-12-17(30-4)10-14(28)2)25-20(26-19)24-16-5-7-21(22,23)8-6-16/h9,11,14,16-17H,5-8,10,12H2,1-4H3,(H,24,25,26)/t14-,17+/m0/s1. The fourth-order valence-corrected chi connectivity index (χ4v) is 4.44. The largest absolute Gasteiger partial charge is 0.380 e. The minimum absolute atomic E-state index is 0.0593. The Morgan fingerprint density at radius 1 is 1.13 bits per heavy atom. The van der Waals surface area contributed by atoms with Gasteiger partial charge in [0.05, 0.1) is 11.8 Å². The Morgan fingerprint density at radius 3 is 2.43 bits per heavy atom. The minimum Gasteiger partial charge on any atom is -0.380 e. The predicted molar refractivity (Wildman–Crippen MR) is 112 cm³/mol. The Morgan fingerprint density at radius 2 is 1.83 bits per heavy atom. The van der Waals surface area contributed by atoms with Crippen molar-refractivity contribution in [3.8, 4) is 5.82 Å². The number of aryl methyl sites for hydroxylation is 2. The number of hydrogen-bond donors (Lipinski definition) is 1. The summed E-state index contributed by atoms with van der Waals surface area (Å²) in [6.07, 6.45) is 1.68. The summed E-state index contributed by atoms with van der Waals surface area (Å²) in [6.45, 7) is 6.83. The van der Waals surface area contributed by atoms with Crippen molar-refractivity contribution < 1.29 is 13.5 Å². The van der Waals surface area contributed by atoms with Crippen LogP contribution >= 0.6 is 0 Å². The molecule has 2 aromatic rings. The number of alkyl halides is 2. The Labute approximate surface area is 175 Å². The second kappa shape index (κ2) is 8.09. The summed E-state index contributed by atoms with van der Waals surface area (Å²) < 4.78 is 34.4. The molecule has 2 fully saturated rings. The quantitative estimate of drug-likeness (QED) is 0.792. The highest BCUT2D eigenvalue weighted by Gasteiger charge is 2.35. The summed E-state index contributed by atoms with van der Waals surface area (Å²) >= 11 is 0. The van der Waals surface area contributed by atoms with Crippen molar-refractivity contribution in [2.24, 2.45) is 0 Å². The normalized spacial score (nSPS) is 24.4. The van der Waals surface area contributed by atoms with Gasteiger partial charge in [0.2, 0.25) is 11.9 Å². The van der Waals surface area contributed by atoms with E-state index in [1.165, 1.54) is 0 Å². The summed E-state index contributed by atoms with van der Waals surface area (Å²) in [5.41, 5.74) is 1.88. The molecule has 164 valence electrons. The average molecular weight is 421 g/mol. The Balaban J connectivity index is 1.65. The number of rotatable bonds is 5. The molecule has 0 spiro atoms. The molecular weight excluding hydrogens is 390 g/mol. The van der Waals surface area contributed by atoms with Gasteiger partial charge in [0.25, 0.3) is 0 Å². The molecule has 2 aliphatic rings. The smallest absolute Gasteiger partial charge is 0.248 e. The molecular formula is C21H30F2N6O. The van der Waals surface area contributed by atoms with Crippen LogP contribution in [0.2, 0.25) is 0 Å². The van der Waals surface area contributed by atoms with E-state index in [1.807, 2.05) is 26.0 Å². The second-order valence-corrected chi connectivity index (χ2v) is 8.62. The van der Waals surface area contributed by atoms with E-state index in [-0.39, 0.29) is 31.0 Å². The lowest BCUT2D eigenvalue weighted by molar-refractivity contribution is -0.0361. The zero-order valence-corrected chi connectivity index (χ0v) is 18.0. The Kier molecular flexibility index (Phi) is 5.65. The molecule has 2 atom stereocenters. The number of nitrogens with one attached hydrogen (secondary N) is 1. The first kappa shape index (κ1) is 21.0. The van der Waals surface area contributed by atoms with Crippen LogP contribution < -0.4 is 10.2 Å². The van der Waals surface area contributed by atoms with E-state index >= 15 is 0 Å². The highest BCUT2D eigenvalue weighted by atomic mass is 19.3. The third-order valence-electron chi connectivity index (χ3n) is 6.14. The van der Waals surface area contributed by atoms with Crippen molar-refractivity contribution in [3.05, 3.63) is 23.5 Å². The summed E-state index contributed by atoms with van der Waals surface area (Å²) in [4.78, 5) is 11.6. The Hall–Kier alpha value is -2.29. The number of nitrogens with zero attached hydrogens (tertiary/aromatic N) is 5. The van der Waals surface area contributed by atoms with E-state index in [1.54, 1.807) is 11.8 Å². The van der Waals surface area contributed by atoms with Crippen LogP contribution in [-0.2, 0) is 4.74 Å². The van der Waals surface area contributed by atoms with Gasteiger partial charge in [0.1, 0.15) is 5.82 Å². The summed E-state index contributed by atoms with van der Waals surface area (Å²) in [7, 11) is 1.73. The fraction of sp³-hybridized carbons (Fsp3) is 0.667. The van der Waals surface area contributed by atoms with Crippen molar-refractivity contribution in [2.75, 3.05) is 23.9 Å². The molecule has 1 saturated carbocycles. The average Bonchev–Trinajstić information content (AvgIpc) is 3.24. The van der Waals surface area contributed by atoms with Crippen LogP contribution in [0.25, 0.3) is 5.82 Å². The maximum absolute atomic E-state index is 13.5. The van der Waals surface area contributed by atoms with E-state index in [0.29, 0.717) is 24.6 Å². The molecule has 1 saturated heterocycles. The van der Waals surface area contributed by atoms with E-state index < -0.39 is 5.92 Å². The van der Waals surface area contributed by atoms with Crippen molar-refractivity contribution in [3.63, 3.8) is 0 Å². The first-order valence-electron chi connectivity index (χ1n) is 10.6. The number of halogens is 2. The van der Waals surface area contributed by atoms with Crippen LogP contribution in [0.1, 0.15) is 50.4 Å². The van der Waals surface area contributed by atoms with Gasteiger partial charge in [0, 0.05) is 50.3 Å². The van der Waals surface area contributed by atoms with Crippen LogP contribution in [-0.4, -0.2) is 57.5 Å². The van der Waals surface area contributed by atoms with Crippen molar-refractivity contribution in [1.29, 1.82) is 0 Å². The summed E-state index contributed by atoms with van der Waals surface area (Å²) in [6, 6.07) is 4.15. The van der Waals surface area contributed by atoms with Gasteiger partial charge in [0.15, 0.2) is 5.82 Å². The van der Waals surface area contributed by atoms with E-state index in [2.05, 4.69) is 27.2 Å². The number of aromatic nitrogens is 4. The zero-order valence-electron chi connectivity index (χ0n) is 18.0. The maximum Gasteiger partial charge on any atom is 0.248 e. The topological polar surface area (TPSA) is 68.1 Å². The number of ether oxygens (including phenoxy) is 1. The molecule has 1 N–H and O–H groups in total. The first-order valence-corrected chi connectivity index (χ1v) is 10.6. The second-order valence-electron chi connectivity index (χ2n) is 8.62. The molecule has 7 nitrogen and oxygen atoms in total. The van der Waals surface area contributed by atoms with Gasteiger partial charge in [-0.25, -0.2) is 13.5 Å². The van der Waals surface area contributed by atoms with Crippen LogP contribution in [0.5, 0.6) is 0 Å². The molecule has 1 aliphatic carbocycles. The van der Waals surface area contributed by atoms with Gasteiger partial charge in [-0.15, -0.1) is 0 Å². The van der Waals surface area contributed by atoms with Gasteiger partial charge in [-0.2, -0.15) is 15.1 Å². The van der Waals surface area contributed by atoms with Crippen LogP contribution in [0, 0.1) is 13.8 Å². The highest BCUT2D eigenvalue weighted by Crippen LogP contribution is 2.34. The third-order valence-corrected chi connectivity index (χ3v) is 6.14. The van der Waals surface area contributed by atoms with Gasteiger partial charge < -0.3 is 15.0 Å². The molecule has 30 heavy (non-hydrogen) atoms. The van der Waals surface area contributed by atoms with Crippen molar-refractivity contribution in [1.82, 2.24) is 19.7 Å². The van der Waals surface area contributed by atoms with Crippen molar-refractivity contribution in [2.45, 2.75) is 77.0 Å². The van der Waals surface area contributed by atoms with Gasteiger partial charge in [-0.05, 0) is 46.1 Å². The lowest BCUT2D eigenvalue weighted by atomic mass is 9.92. The predicted octanol–water partition coefficient (Wildman–Crippen LogP) is 3.88. The minimum atomic E-state index is -2.56.